The number of anilines is 1. The third-order valence-electron chi connectivity index (χ3n) is 2.53. The van der Waals surface area contributed by atoms with Crippen molar-refractivity contribution in [1.82, 2.24) is 15.2 Å². The molecule has 8 heteroatoms. The molecule has 0 atom stereocenters. The van der Waals surface area contributed by atoms with Crippen LogP contribution in [0, 0.1) is 10.1 Å². The summed E-state index contributed by atoms with van der Waals surface area (Å²) in [4.78, 5) is 28.2. The van der Waals surface area contributed by atoms with Crippen LogP contribution in [0.25, 0.3) is 0 Å². The van der Waals surface area contributed by atoms with E-state index in [2.05, 4.69) is 15.6 Å². The number of pyridine rings is 1. The summed E-state index contributed by atoms with van der Waals surface area (Å²) < 4.78 is 0. The molecule has 0 saturated carbocycles. The van der Waals surface area contributed by atoms with E-state index < -0.39 is 10.8 Å². The van der Waals surface area contributed by atoms with Crippen LogP contribution in [-0.2, 0) is 0 Å². The molecule has 0 aromatic carbocycles. The van der Waals surface area contributed by atoms with Crippen molar-refractivity contribution in [2.45, 2.75) is 6.92 Å². The molecule has 0 bridgehead atoms. The maximum Gasteiger partial charge on any atom is 0.300 e. The van der Waals surface area contributed by atoms with Crippen molar-refractivity contribution in [2.75, 3.05) is 39.0 Å². The maximum absolute atomic E-state index is 12.0. The predicted octanol–water partition coefficient (Wildman–Crippen LogP) is 0.713. The number of likely N-dealkylation sites (N-methyl/N-ethyl adjacent to an activating group) is 1. The minimum atomic E-state index is -0.608. The molecule has 110 valence electrons. The van der Waals surface area contributed by atoms with Crippen LogP contribution in [0.3, 0.4) is 0 Å². The number of carbonyl (C=O) groups is 1. The van der Waals surface area contributed by atoms with Crippen molar-refractivity contribution in [3.8, 4) is 0 Å². The van der Waals surface area contributed by atoms with Gasteiger partial charge in [-0.1, -0.05) is 0 Å². The lowest BCUT2D eigenvalue weighted by atomic mass is 10.2. The molecule has 8 nitrogen and oxygen atoms in total. The Morgan fingerprint density at radius 1 is 1.50 bits per heavy atom. The molecule has 1 amide bonds. The molecule has 0 saturated heterocycles. The summed E-state index contributed by atoms with van der Waals surface area (Å²) in [5.41, 5.74) is -0.284. The monoisotopic (exact) mass is 281 g/mol. The third-order valence-corrected chi connectivity index (χ3v) is 2.53. The van der Waals surface area contributed by atoms with Gasteiger partial charge >= 0.3 is 0 Å². The largest absolute Gasteiger partial charge is 0.370 e. The number of rotatable bonds is 7. The Balaban J connectivity index is 2.91. The molecule has 1 heterocycles. The van der Waals surface area contributed by atoms with Crippen molar-refractivity contribution < 1.29 is 9.72 Å². The topological polar surface area (TPSA) is 100 Å². The fraction of sp³-hybridized carbons (Fsp3) is 0.500. The van der Waals surface area contributed by atoms with Crippen LogP contribution in [0.5, 0.6) is 0 Å². The van der Waals surface area contributed by atoms with Crippen molar-refractivity contribution >= 4 is 17.4 Å². The minimum absolute atomic E-state index is 0.0136. The van der Waals surface area contributed by atoms with Crippen LogP contribution in [-0.4, -0.2) is 54.4 Å². The van der Waals surface area contributed by atoms with Crippen molar-refractivity contribution in [2.24, 2.45) is 0 Å². The van der Waals surface area contributed by atoms with E-state index in [4.69, 9.17) is 0 Å². The Kier molecular flexibility index (Phi) is 5.85. The maximum atomic E-state index is 12.0. The second-order valence-corrected chi connectivity index (χ2v) is 4.43. The van der Waals surface area contributed by atoms with Crippen LogP contribution in [0.15, 0.2) is 12.3 Å². The highest BCUT2D eigenvalue weighted by atomic mass is 16.6. The quantitative estimate of drug-likeness (QED) is 0.564. The molecule has 0 fully saturated rings. The first-order valence-corrected chi connectivity index (χ1v) is 6.27. The van der Waals surface area contributed by atoms with E-state index in [9.17, 15) is 14.9 Å². The normalized spacial score (nSPS) is 10.4. The second-order valence-electron chi connectivity index (χ2n) is 4.43. The summed E-state index contributed by atoms with van der Waals surface area (Å²) >= 11 is 0. The molecular weight excluding hydrogens is 262 g/mol. The molecule has 20 heavy (non-hydrogen) atoms. The summed E-state index contributed by atoms with van der Waals surface area (Å²) in [7, 11) is 3.76. The van der Waals surface area contributed by atoms with Gasteiger partial charge in [-0.2, -0.15) is 0 Å². The van der Waals surface area contributed by atoms with Gasteiger partial charge in [0.15, 0.2) is 0 Å². The van der Waals surface area contributed by atoms with Gasteiger partial charge < -0.3 is 15.5 Å². The molecule has 2 N–H and O–H groups in total. The Bertz CT molecular complexity index is 490. The fourth-order valence-corrected chi connectivity index (χ4v) is 1.54. The first-order valence-electron chi connectivity index (χ1n) is 6.27. The zero-order chi connectivity index (χ0) is 15.1. The van der Waals surface area contributed by atoms with E-state index in [1.165, 1.54) is 6.07 Å². The van der Waals surface area contributed by atoms with Crippen molar-refractivity contribution in [1.29, 1.82) is 0 Å². The molecule has 1 aromatic rings. The summed E-state index contributed by atoms with van der Waals surface area (Å²) in [6, 6.07) is 1.40. The highest BCUT2D eigenvalue weighted by Crippen LogP contribution is 2.20. The van der Waals surface area contributed by atoms with Gasteiger partial charge in [-0.15, -0.1) is 0 Å². The van der Waals surface area contributed by atoms with E-state index in [1.54, 1.807) is 0 Å². The van der Waals surface area contributed by atoms with E-state index in [0.717, 1.165) is 6.20 Å². The van der Waals surface area contributed by atoms with E-state index in [0.29, 0.717) is 25.5 Å². The number of hydrogen-bond donors (Lipinski definition) is 2. The summed E-state index contributed by atoms with van der Waals surface area (Å²) in [5.74, 6) is -0.0315. The third kappa shape index (κ3) is 4.47. The molecule has 0 radical (unpaired) electrons. The Hall–Kier alpha value is -2.22. The van der Waals surface area contributed by atoms with E-state index in [1.807, 2.05) is 25.9 Å². The van der Waals surface area contributed by atoms with Gasteiger partial charge in [0.1, 0.15) is 17.6 Å². The Morgan fingerprint density at radius 3 is 2.75 bits per heavy atom. The first kappa shape index (κ1) is 15.8. The number of nitrogens with one attached hydrogen (secondary N) is 2. The highest BCUT2D eigenvalue weighted by Gasteiger charge is 2.21. The Labute approximate surface area is 117 Å². The van der Waals surface area contributed by atoms with Crippen LogP contribution in [0.2, 0.25) is 0 Å². The SMILES string of the molecule is CCNc1cc(C(=O)NCCN(C)C)c([N+](=O)[O-])cn1. The van der Waals surface area contributed by atoms with Gasteiger partial charge in [0.05, 0.1) is 4.92 Å². The van der Waals surface area contributed by atoms with Gasteiger partial charge in [-0.3, -0.25) is 14.9 Å². The lowest BCUT2D eigenvalue weighted by Gasteiger charge is -2.11. The van der Waals surface area contributed by atoms with Crippen molar-refractivity contribution in [3.05, 3.63) is 27.9 Å². The van der Waals surface area contributed by atoms with Gasteiger partial charge in [0, 0.05) is 25.7 Å². The van der Waals surface area contributed by atoms with Gasteiger partial charge in [0.2, 0.25) is 0 Å². The molecule has 1 aromatic heterocycles. The predicted molar refractivity (Wildman–Crippen MR) is 75.9 cm³/mol. The van der Waals surface area contributed by atoms with E-state index in [-0.39, 0.29) is 11.3 Å². The molecule has 0 spiro atoms. The van der Waals surface area contributed by atoms with Crippen LogP contribution < -0.4 is 10.6 Å². The minimum Gasteiger partial charge on any atom is -0.370 e. The number of hydrogen-bond acceptors (Lipinski definition) is 6. The first-order chi connectivity index (χ1) is 9.45. The molecular formula is C12H19N5O3. The van der Waals surface area contributed by atoms with Crippen LogP contribution >= 0.6 is 0 Å². The Morgan fingerprint density at radius 2 is 2.20 bits per heavy atom. The van der Waals surface area contributed by atoms with Gasteiger partial charge in [0.25, 0.3) is 11.6 Å². The number of aromatic nitrogens is 1. The van der Waals surface area contributed by atoms with Crippen LogP contribution in [0.4, 0.5) is 11.5 Å². The zero-order valence-corrected chi connectivity index (χ0v) is 11.8. The highest BCUT2D eigenvalue weighted by molar-refractivity contribution is 5.98. The fourth-order valence-electron chi connectivity index (χ4n) is 1.54. The smallest absolute Gasteiger partial charge is 0.300 e. The summed E-state index contributed by atoms with van der Waals surface area (Å²) in [5, 5.41) is 16.5. The molecule has 0 aliphatic carbocycles. The average Bonchev–Trinajstić information content (AvgIpc) is 2.38. The van der Waals surface area contributed by atoms with E-state index >= 15 is 0 Å². The number of nitrogens with zero attached hydrogens (tertiary/aromatic N) is 3. The lowest BCUT2D eigenvalue weighted by molar-refractivity contribution is -0.385. The number of nitro groups is 1. The molecule has 0 unspecified atom stereocenters. The standard InChI is InChI=1S/C12H19N5O3/c1-4-13-11-7-9(10(8-15-11)17(19)20)12(18)14-5-6-16(2)3/h7-8H,4-6H2,1-3H3,(H,13,15)(H,14,18). The van der Waals surface area contributed by atoms with Gasteiger partial charge in [-0.25, -0.2) is 4.98 Å². The molecule has 0 aliphatic heterocycles. The molecule has 0 aliphatic rings. The second kappa shape index (κ2) is 7.39. The number of amides is 1. The summed E-state index contributed by atoms with van der Waals surface area (Å²) in [6.45, 7) is 3.57. The zero-order valence-electron chi connectivity index (χ0n) is 11.8. The summed E-state index contributed by atoms with van der Waals surface area (Å²) in [6.07, 6.45) is 1.10. The van der Waals surface area contributed by atoms with Gasteiger partial charge in [-0.05, 0) is 21.0 Å². The number of carbonyl (C=O) groups excluding carboxylic acids is 1. The lowest BCUT2D eigenvalue weighted by Crippen LogP contribution is -2.31. The van der Waals surface area contributed by atoms with Crippen molar-refractivity contribution in [3.63, 3.8) is 0 Å². The molecule has 1 rings (SSSR count). The van der Waals surface area contributed by atoms with Crippen LogP contribution in [0.1, 0.15) is 17.3 Å². The average molecular weight is 281 g/mol.